The van der Waals surface area contributed by atoms with Crippen molar-refractivity contribution in [3.05, 3.63) is 65.9 Å². The zero-order valence-electron chi connectivity index (χ0n) is 20.4. The number of rotatable bonds is 7. The summed E-state index contributed by atoms with van der Waals surface area (Å²) in [7, 11) is -2.20. The Labute approximate surface area is 211 Å². The number of methoxy groups -OCH3 is 1. The van der Waals surface area contributed by atoms with E-state index in [4.69, 9.17) is 9.47 Å². The van der Waals surface area contributed by atoms with Gasteiger partial charge in [-0.2, -0.15) is 0 Å². The lowest BCUT2D eigenvalue weighted by Crippen LogP contribution is -2.49. The molecule has 190 valence electrons. The number of nitrogens with zero attached hydrogens (tertiary/aromatic N) is 3. The van der Waals surface area contributed by atoms with Crippen LogP contribution < -0.4 is 4.74 Å². The number of carbonyl (C=O) groups excluding carboxylic acids is 1. The average molecular weight is 510 g/mol. The summed E-state index contributed by atoms with van der Waals surface area (Å²) in [6.45, 7) is 5.71. The smallest absolute Gasteiger partial charge is 0.254 e. The standard InChI is InChI=1S/C27H31N3O5S/c1-34-24-16-22(27(31)30-13-11-29(12-14-30)17-20-9-15-35-18-20)7-8-23(24)19-36(32,33)25-6-2-4-21-5-3-10-28-26(21)25/h2-8,10,16,20H,9,11-15,17-19H2,1H3. The molecule has 3 aromatic rings. The van der Waals surface area contributed by atoms with Crippen molar-refractivity contribution in [1.82, 2.24) is 14.8 Å². The normalized spacial score (nSPS) is 19.0. The van der Waals surface area contributed by atoms with Crippen molar-refractivity contribution in [3.63, 3.8) is 0 Å². The van der Waals surface area contributed by atoms with E-state index in [-0.39, 0.29) is 16.6 Å². The number of sulfone groups is 1. The lowest BCUT2D eigenvalue weighted by atomic mass is 10.1. The summed E-state index contributed by atoms with van der Waals surface area (Å²) >= 11 is 0. The summed E-state index contributed by atoms with van der Waals surface area (Å²) in [6.07, 6.45) is 2.70. The van der Waals surface area contributed by atoms with Crippen LogP contribution >= 0.6 is 0 Å². The largest absolute Gasteiger partial charge is 0.496 e. The molecule has 1 amide bonds. The summed E-state index contributed by atoms with van der Waals surface area (Å²) < 4.78 is 37.6. The molecule has 1 aromatic heterocycles. The zero-order valence-corrected chi connectivity index (χ0v) is 21.2. The number of hydrogen-bond acceptors (Lipinski definition) is 7. The Morgan fingerprint density at radius 1 is 1.11 bits per heavy atom. The molecular formula is C27H31N3O5S. The van der Waals surface area contributed by atoms with Crippen molar-refractivity contribution < 1.29 is 22.7 Å². The van der Waals surface area contributed by atoms with Crippen LogP contribution in [0.1, 0.15) is 22.3 Å². The van der Waals surface area contributed by atoms with Crippen molar-refractivity contribution in [1.29, 1.82) is 0 Å². The number of piperazine rings is 1. The molecule has 0 N–H and O–H groups in total. The molecule has 2 aromatic carbocycles. The van der Waals surface area contributed by atoms with Gasteiger partial charge in [-0.25, -0.2) is 8.42 Å². The van der Waals surface area contributed by atoms with Gasteiger partial charge in [0.15, 0.2) is 9.84 Å². The fraction of sp³-hybridized carbons (Fsp3) is 0.407. The first-order valence-electron chi connectivity index (χ1n) is 12.3. The van der Waals surface area contributed by atoms with Crippen LogP contribution in [-0.4, -0.2) is 82.2 Å². The van der Waals surface area contributed by atoms with E-state index in [1.807, 2.05) is 17.0 Å². The van der Waals surface area contributed by atoms with E-state index in [1.165, 1.54) is 7.11 Å². The Hall–Kier alpha value is -3.01. The molecular weight excluding hydrogens is 478 g/mol. The summed E-state index contributed by atoms with van der Waals surface area (Å²) in [4.78, 5) is 21.9. The number of ether oxygens (including phenoxy) is 2. The molecule has 9 heteroatoms. The molecule has 36 heavy (non-hydrogen) atoms. The molecule has 2 aliphatic rings. The highest BCUT2D eigenvalue weighted by atomic mass is 32.2. The van der Waals surface area contributed by atoms with Crippen molar-refractivity contribution in [2.45, 2.75) is 17.1 Å². The molecule has 1 unspecified atom stereocenters. The monoisotopic (exact) mass is 509 g/mol. The lowest BCUT2D eigenvalue weighted by molar-refractivity contribution is 0.0611. The summed E-state index contributed by atoms with van der Waals surface area (Å²) in [5.41, 5.74) is 1.45. The molecule has 1 atom stereocenters. The van der Waals surface area contributed by atoms with E-state index >= 15 is 0 Å². The van der Waals surface area contributed by atoms with Crippen LogP contribution in [0.15, 0.2) is 59.6 Å². The van der Waals surface area contributed by atoms with Gasteiger partial charge in [-0.3, -0.25) is 14.7 Å². The second-order valence-electron chi connectivity index (χ2n) is 9.44. The van der Waals surface area contributed by atoms with Gasteiger partial charge in [-0.05, 0) is 36.6 Å². The molecule has 2 saturated heterocycles. The summed E-state index contributed by atoms with van der Waals surface area (Å²) in [5, 5.41) is 0.767. The maximum Gasteiger partial charge on any atom is 0.254 e. The average Bonchev–Trinajstić information content (AvgIpc) is 3.41. The maximum atomic E-state index is 13.3. The van der Waals surface area contributed by atoms with Gasteiger partial charge in [-0.15, -0.1) is 0 Å². The lowest BCUT2D eigenvalue weighted by Gasteiger charge is -2.35. The summed E-state index contributed by atoms with van der Waals surface area (Å²) in [6, 6.07) is 13.8. The Balaban J connectivity index is 1.29. The quantitative estimate of drug-likeness (QED) is 0.484. The third-order valence-electron chi connectivity index (χ3n) is 7.01. The van der Waals surface area contributed by atoms with Crippen molar-refractivity contribution in [3.8, 4) is 5.75 Å². The number of benzene rings is 2. The highest BCUT2D eigenvalue weighted by Crippen LogP contribution is 2.29. The van der Waals surface area contributed by atoms with Crippen LogP contribution in [0, 0.1) is 5.92 Å². The van der Waals surface area contributed by atoms with E-state index in [2.05, 4.69) is 9.88 Å². The fourth-order valence-electron chi connectivity index (χ4n) is 5.02. The Bertz CT molecular complexity index is 1340. The first-order chi connectivity index (χ1) is 17.4. The zero-order chi connectivity index (χ0) is 25.1. The number of amides is 1. The van der Waals surface area contributed by atoms with Gasteiger partial charge in [0, 0.05) is 62.0 Å². The predicted octanol–water partition coefficient (Wildman–Crippen LogP) is 3.01. The minimum Gasteiger partial charge on any atom is -0.496 e. The predicted molar refractivity (Wildman–Crippen MR) is 137 cm³/mol. The second-order valence-corrected chi connectivity index (χ2v) is 11.4. The fourth-order valence-corrected chi connectivity index (χ4v) is 6.57. The minimum absolute atomic E-state index is 0.0650. The first kappa shape index (κ1) is 24.7. The minimum atomic E-state index is -3.69. The van der Waals surface area contributed by atoms with Gasteiger partial charge in [0.25, 0.3) is 5.91 Å². The molecule has 0 bridgehead atoms. The van der Waals surface area contributed by atoms with Gasteiger partial charge in [-0.1, -0.05) is 24.3 Å². The number of fused-ring (bicyclic) bond motifs is 1. The summed E-state index contributed by atoms with van der Waals surface area (Å²) in [5.74, 6) is 0.663. The van der Waals surface area contributed by atoms with E-state index < -0.39 is 9.84 Å². The van der Waals surface area contributed by atoms with Crippen molar-refractivity contribution in [2.75, 3.05) is 53.0 Å². The maximum absolute atomic E-state index is 13.3. The molecule has 8 nitrogen and oxygen atoms in total. The second kappa shape index (κ2) is 10.5. The Morgan fingerprint density at radius 3 is 2.67 bits per heavy atom. The van der Waals surface area contributed by atoms with Crippen LogP contribution in [0.2, 0.25) is 0 Å². The Morgan fingerprint density at radius 2 is 1.92 bits per heavy atom. The Kier molecular flexibility index (Phi) is 7.22. The van der Waals surface area contributed by atoms with Crippen LogP contribution in [0.25, 0.3) is 10.9 Å². The van der Waals surface area contributed by atoms with E-state index in [9.17, 15) is 13.2 Å². The van der Waals surface area contributed by atoms with Gasteiger partial charge in [0.1, 0.15) is 5.75 Å². The molecule has 0 saturated carbocycles. The van der Waals surface area contributed by atoms with Crippen LogP contribution in [0.3, 0.4) is 0 Å². The van der Waals surface area contributed by atoms with Crippen LogP contribution in [-0.2, 0) is 20.3 Å². The molecule has 3 heterocycles. The van der Waals surface area contributed by atoms with Crippen molar-refractivity contribution >= 4 is 26.6 Å². The highest BCUT2D eigenvalue weighted by molar-refractivity contribution is 7.90. The molecule has 2 fully saturated rings. The van der Waals surface area contributed by atoms with Gasteiger partial charge < -0.3 is 14.4 Å². The van der Waals surface area contributed by atoms with Crippen LogP contribution in [0.4, 0.5) is 0 Å². The highest BCUT2D eigenvalue weighted by Gasteiger charge is 2.27. The number of carbonyl (C=O) groups is 1. The van der Waals surface area contributed by atoms with Crippen molar-refractivity contribution in [2.24, 2.45) is 5.92 Å². The molecule has 0 radical (unpaired) electrons. The number of pyridine rings is 1. The topological polar surface area (TPSA) is 89.0 Å². The number of para-hydroxylation sites is 1. The SMILES string of the molecule is COc1cc(C(=O)N2CCN(CC3CCOC3)CC2)ccc1CS(=O)(=O)c1cccc2cccnc12. The van der Waals surface area contributed by atoms with E-state index in [1.54, 1.807) is 42.6 Å². The van der Waals surface area contributed by atoms with Gasteiger partial charge in [0.05, 0.1) is 29.9 Å². The number of hydrogen-bond donors (Lipinski definition) is 0. The molecule has 2 aliphatic heterocycles. The third-order valence-corrected chi connectivity index (χ3v) is 8.70. The van der Waals surface area contributed by atoms with Gasteiger partial charge in [0.2, 0.25) is 0 Å². The molecule has 0 aliphatic carbocycles. The van der Waals surface area contributed by atoms with E-state index in [0.29, 0.717) is 41.4 Å². The first-order valence-corrected chi connectivity index (χ1v) is 13.9. The third kappa shape index (κ3) is 5.23. The van der Waals surface area contributed by atoms with Gasteiger partial charge >= 0.3 is 0 Å². The van der Waals surface area contributed by atoms with Crippen LogP contribution in [0.5, 0.6) is 5.75 Å². The van der Waals surface area contributed by atoms with E-state index in [0.717, 1.165) is 44.7 Å². The molecule has 5 rings (SSSR count). The molecule has 0 spiro atoms. The number of aromatic nitrogens is 1.